The van der Waals surface area contributed by atoms with Crippen molar-refractivity contribution in [3.8, 4) is 17.2 Å². The third-order valence-corrected chi connectivity index (χ3v) is 7.96. The van der Waals surface area contributed by atoms with Gasteiger partial charge in [-0.25, -0.2) is 0 Å². The fourth-order valence-corrected chi connectivity index (χ4v) is 5.89. The van der Waals surface area contributed by atoms with Gasteiger partial charge in [-0.2, -0.15) is 0 Å². The Morgan fingerprint density at radius 2 is 2.00 bits per heavy atom. The summed E-state index contributed by atoms with van der Waals surface area (Å²) in [5.74, 6) is 1.69. The van der Waals surface area contributed by atoms with Gasteiger partial charge in [0.2, 0.25) is 5.43 Å². The maximum Gasteiger partial charge on any atom is 0.256 e. The second kappa shape index (κ2) is 12.0. The number of aryl methyl sites for hydroxylation is 1. The van der Waals surface area contributed by atoms with E-state index in [1.54, 1.807) is 36.5 Å². The van der Waals surface area contributed by atoms with Crippen LogP contribution < -0.4 is 15.5 Å². The minimum Gasteiger partial charge on any atom is -0.453 e. The molecule has 0 bridgehead atoms. The molecule has 39 heavy (non-hydrogen) atoms. The average molecular weight is 544 g/mol. The number of fused-ring (bicyclic) bond motifs is 2. The zero-order valence-corrected chi connectivity index (χ0v) is 23.3. The highest BCUT2D eigenvalue weighted by molar-refractivity contribution is 7.99. The molecule has 4 aromatic rings. The SMILES string of the molecule is CCCC(CCNC(=O)c1cn2c3c(cc(SCCc4cnccn4)cc3c1=O)Oc1ccccc1-2)N(C)C. The molecule has 0 radical (unpaired) electrons. The van der Waals surface area contributed by atoms with E-state index in [0.29, 0.717) is 35.0 Å². The molecule has 5 rings (SSSR count). The Morgan fingerprint density at radius 3 is 2.77 bits per heavy atom. The fraction of sp³-hybridized carbons (Fsp3) is 0.333. The second-order valence-electron chi connectivity index (χ2n) is 9.88. The first-order chi connectivity index (χ1) is 19.0. The van der Waals surface area contributed by atoms with Crippen molar-refractivity contribution in [2.45, 2.75) is 43.5 Å². The molecule has 0 saturated heterocycles. The monoisotopic (exact) mass is 543 g/mol. The number of hydrogen-bond donors (Lipinski definition) is 1. The van der Waals surface area contributed by atoms with Crippen molar-refractivity contribution < 1.29 is 9.53 Å². The molecule has 1 unspecified atom stereocenters. The highest BCUT2D eigenvalue weighted by Gasteiger charge is 2.25. The molecule has 2 aromatic carbocycles. The highest BCUT2D eigenvalue weighted by atomic mass is 32.2. The maximum atomic E-state index is 13.7. The lowest BCUT2D eigenvalue weighted by Crippen LogP contribution is -2.35. The molecule has 0 spiro atoms. The summed E-state index contributed by atoms with van der Waals surface area (Å²) in [7, 11) is 4.12. The molecule has 2 aromatic heterocycles. The smallest absolute Gasteiger partial charge is 0.256 e. The summed E-state index contributed by atoms with van der Waals surface area (Å²) in [6, 6.07) is 11.9. The minimum absolute atomic E-state index is 0.128. The van der Waals surface area contributed by atoms with Gasteiger partial charge in [0, 0.05) is 54.4 Å². The second-order valence-corrected chi connectivity index (χ2v) is 11.0. The van der Waals surface area contributed by atoms with Gasteiger partial charge in [0.05, 0.1) is 16.8 Å². The number of aromatic nitrogens is 3. The molecule has 1 amide bonds. The molecule has 1 aliphatic heterocycles. The van der Waals surface area contributed by atoms with Gasteiger partial charge >= 0.3 is 0 Å². The predicted octanol–water partition coefficient (Wildman–Crippen LogP) is 5.07. The zero-order chi connectivity index (χ0) is 27.4. The van der Waals surface area contributed by atoms with E-state index in [9.17, 15) is 9.59 Å². The van der Waals surface area contributed by atoms with Gasteiger partial charge in [0.15, 0.2) is 11.5 Å². The van der Waals surface area contributed by atoms with Crippen LogP contribution in [0, 0.1) is 0 Å². The van der Waals surface area contributed by atoms with E-state index >= 15 is 0 Å². The van der Waals surface area contributed by atoms with Gasteiger partial charge in [0.25, 0.3) is 5.91 Å². The Balaban J connectivity index is 1.47. The summed E-state index contributed by atoms with van der Waals surface area (Å²) in [6.45, 7) is 2.66. The van der Waals surface area contributed by atoms with Crippen LogP contribution in [-0.4, -0.2) is 57.8 Å². The van der Waals surface area contributed by atoms with Crippen molar-refractivity contribution >= 4 is 28.6 Å². The molecule has 1 atom stereocenters. The van der Waals surface area contributed by atoms with Crippen LogP contribution in [-0.2, 0) is 6.42 Å². The van der Waals surface area contributed by atoms with Gasteiger partial charge in [-0.05, 0) is 51.2 Å². The average Bonchev–Trinajstić information content (AvgIpc) is 2.94. The largest absolute Gasteiger partial charge is 0.453 e. The number of thioether (sulfide) groups is 1. The molecule has 1 aliphatic rings. The van der Waals surface area contributed by atoms with Gasteiger partial charge < -0.3 is 19.5 Å². The van der Waals surface area contributed by atoms with Gasteiger partial charge in [-0.3, -0.25) is 19.6 Å². The van der Waals surface area contributed by atoms with E-state index in [1.807, 2.05) is 41.0 Å². The fourth-order valence-electron chi connectivity index (χ4n) is 4.95. The summed E-state index contributed by atoms with van der Waals surface area (Å²) >= 11 is 1.62. The molecule has 8 nitrogen and oxygen atoms in total. The van der Waals surface area contributed by atoms with E-state index in [1.165, 1.54) is 0 Å². The molecular weight excluding hydrogens is 510 g/mol. The number of ether oxygens (including phenoxy) is 1. The zero-order valence-electron chi connectivity index (χ0n) is 22.5. The summed E-state index contributed by atoms with van der Waals surface area (Å²) in [5, 5.41) is 3.46. The van der Waals surface area contributed by atoms with E-state index in [4.69, 9.17) is 4.74 Å². The van der Waals surface area contributed by atoms with E-state index < -0.39 is 0 Å². The third kappa shape index (κ3) is 5.84. The van der Waals surface area contributed by atoms with Crippen LogP contribution in [0.2, 0.25) is 0 Å². The number of carbonyl (C=O) groups excluding carboxylic acids is 1. The topological polar surface area (TPSA) is 89.3 Å². The van der Waals surface area contributed by atoms with Crippen LogP contribution >= 0.6 is 11.8 Å². The molecule has 0 fully saturated rings. The van der Waals surface area contributed by atoms with Crippen molar-refractivity contribution in [2.24, 2.45) is 0 Å². The number of amides is 1. The predicted molar refractivity (Wildman–Crippen MR) is 155 cm³/mol. The van der Waals surface area contributed by atoms with Crippen LogP contribution in [0.1, 0.15) is 42.2 Å². The van der Waals surface area contributed by atoms with Crippen molar-refractivity contribution in [3.63, 3.8) is 0 Å². The van der Waals surface area contributed by atoms with Crippen LogP contribution in [0.5, 0.6) is 11.5 Å². The summed E-state index contributed by atoms with van der Waals surface area (Å²) < 4.78 is 8.16. The lowest BCUT2D eigenvalue weighted by atomic mass is 10.1. The van der Waals surface area contributed by atoms with Crippen molar-refractivity contribution in [2.75, 3.05) is 26.4 Å². The van der Waals surface area contributed by atoms with Gasteiger partial charge in [0.1, 0.15) is 11.1 Å². The first-order valence-corrected chi connectivity index (χ1v) is 14.3. The van der Waals surface area contributed by atoms with E-state index in [0.717, 1.165) is 47.7 Å². The van der Waals surface area contributed by atoms with Crippen molar-refractivity contribution in [1.29, 1.82) is 0 Å². The summed E-state index contributed by atoms with van der Waals surface area (Å²) in [4.78, 5) is 38.6. The van der Waals surface area contributed by atoms with Gasteiger partial charge in [-0.15, -0.1) is 11.8 Å². The van der Waals surface area contributed by atoms with Crippen molar-refractivity contribution in [3.05, 3.63) is 82.7 Å². The maximum absolute atomic E-state index is 13.7. The Hall–Kier alpha value is -3.69. The molecule has 0 saturated carbocycles. The number of nitrogens with one attached hydrogen (secondary N) is 1. The van der Waals surface area contributed by atoms with Gasteiger partial charge in [-0.1, -0.05) is 25.5 Å². The summed E-state index contributed by atoms with van der Waals surface area (Å²) in [5.41, 5.74) is 2.21. The number of rotatable bonds is 11. The molecule has 1 N–H and O–H groups in total. The standard InChI is InChI=1S/C30H33N5O3S/c1-4-7-21(34(2)3)10-12-33-30(37)24-19-35-25-8-5-6-9-26(25)38-27-17-22(16-23(28(27)35)29(24)36)39-15-11-20-18-31-13-14-32-20/h5-6,8-9,13-14,16-19,21H,4,7,10-12,15H2,1-3H3,(H,33,37). The number of para-hydroxylation sites is 2. The Kier molecular flexibility index (Phi) is 8.28. The van der Waals surface area contributed by atoms with Crippen LogP contribution in [0.3, 0.4) is 0 Å². The van der Waals surface area contributed by atoms with Crippen molar-refractivity contribution in [1.82, 2.24) is 24.8 Å². The molecule has 3 heterocycles. The molecule has 202 valence electrons. The summed E-state index contributed by atoms with van der Waals surface area (Å²) in [6.07, 6.45) is 10.5. The molecule has 0 aliphatic carbocycles. The lowest BCUT2D eigenvalue weighted by molar-refractivity contribution is 0.0948. The first kappa shape index (κ1) is 26.9. The lowest BCUT2D eigenvalue weighted by Gasteiger charge is -2.25. The first-order valence-electron chi connectivity index (χ1n) is 13.3. The Morgan fingerprint density at radius 1 is 1.15 bits per heavy atom. The Labute approximate surface area is 232 Å². The molecular formula is C30H33N5O3S. The number of carbonyl (C=O) groups is 1. The minimum atomic E-state index is -0.356. The highest BCUT2D eigenvalue weighted by Crippen LogP contribution is 2.41. The molecule has 9 heteroatoms. The van der Waals surface area contributed by atoms with Crippen LogP contribution in [0.25, 0.3) is 16.6 Å². The van der Waals surface area contributed by atoms with Crippen LogP contribution in [0.15, 0.2) is 70.9 Å². The van der Waals surface area contributed by atoms with Crippen LogP contribution in [0.4, 0.5) is 0 Å². The van der Waals surface area contributed by atoms with E-state index in [2.05, 4.69) is 41.2 Å². The number of benzene rings is 2. The third-order valence-electron chi connectivity index (χ3n) is 6.99. The van der Waals surface area contributed by atoms with E-state index in [-0.39, 0.29) is 16.9 Å². The normalized spacial score (nSPS) is 12.7. The Bertz CT molecular complexity index is 1540. The number of nitrogens with zero attached hydrogens (tertiary/aromatic N) is 4. The number of pyridine rings is 1. The quantitative estimate of drug-likeness (QED) is 0.233. The number of hydrogen-bond acceptors (Lipinski definition) is 7.